The van der Waals surface area contributed by atoms with Crippen LogP contribution in [0.2, 0.25) is 10.0 Å². The number of aromatic hydroxyl groups is 1. The molecule has 0 saturated heterocycles. The zero-order chi connectivity index (χ0) is 23.3. The van der Waals surface area contributed by atoms with Crippen LogP contribution in [-0.4, -0.2) is 68.3 Å². The molecule has 2 aromatic rings. The lowest BCUT2D eigenvalue weighted by atomic mass is 10.0. The molecule has 1 N–H and O–H groups in total. The van der Waals surface area contributed by atoms with Gasteiger partial charge in [-0.15, -0.1) is 0 Å². The van der Waals surface area contributed by atoms with Crippen molar-refractivity contribution in [1.82, 2.24) is 9.80 Å². The Morgan fingerprint density at radius 1 is 1.03 bits per heavy atom. The van der Waals surface area contributed by atoms with Gasteiger partial charge in [-0.2, -0.15) is 0 Å². The van der Waals surface area contributed by atoms with Crippen LogP contribution in [0.3, 0.4) is 0 Å². The van der Waals surface area contributed by atoms with Gasteiger partial charge in [-0.05, 0) is 73.8 Å². The van der Waals surface area contributed by atoms with Gasteiger partial charge in [0.1, 0.15) is 0 Å². The van der Waals surface area contributed by atoms with Gasteiger partial charge in [0, 0.05) is 19.6 Å². The van der Waals surface area contributed by atoms with Crippen molar-refractivity contribution in [3.63, 3.8) is 0 Å². The molecule has 0 aromatic heterocycles. The number of phenols is 1. The largest absolute Gasteiger partial charge is 0.505 e. The molecule has 0 bridgehead atoms. The van der Waals surface area contributed by atoms with Crippen molar-refractivity contribution >= 4 is 29.1 Å². The zero-order valence-electron chi connectivity index (χ0n) is 18.8. The number of hydrogen-bond acceptors (Lipinski definition) is 5. The number of methoxy groups -OCH3 is 2. The van der Waals surface area contributed by atoms with E-state index >= 15 is 0 Å². The van der Waals surface area contributed by atoms with Crippen LogP contribution in [-0.2, 0) is 24.1 Å². The van der Waals surface area contributed by atoms with Gasteiger partial charge in [0.05, 0.1) is 30.7 Å². The minimum Gasteiger partial charge on any atom is -0.505 e. The molecule has 0 saturated carbocycles. The molecule has 0 spiro atoms. The summed E-state index contributed by atoms with van der Waals surface area (Å²) < 4.78 is 10.8. The predicted molar refractivity (Wildman–Crippen MR) is 127 cm³/mol. The highest BCUT2D eigenvalue weighted by Crippen LogP contribution is 2.33. The van der Waals surface area contributed by atoms with E-state index in [0.29, 0.717) is 24.5 Å². The third-order valence-corrected chi connectivity index (χ3v) is 6.45. The molecule has 0 fully saturated rings. The van der Waals surface area contributed by atoms with E-state index in [1.54, 1.807) is 26.4 Å². The number of carbonyl (C=O) groups is 1. The average molecular weight is 481 g/mol. The first-order chi connectivity index (χ1) is 15.3. The third kappa shape index (κ3) is 6.00. The van der Waals surface area contributed by atoms with Gasteiger partial charge in [0.15, 0.2) is 17.2 Å². The second-order valence-corrected chi connectivity index (χ2v) is 8.91. The molecule has 8 heteroatoms. The molecule has 0 atom stereocenters. The summed E-state index contributed by atoms with van der Waals surface area (Å²) in [5.41, 5.74) is 3.14. The molecule has 0 radical (unpaired) electrons. The van der Waals surface area contributed by atoms with Crippen LogP contribution in [0.15, 0.2) is 24.3 Å². The molecular formula is C24H30Cl2N2O4. The number of fused-ring (bicyclic) bond motifs is 1. The predicted octanol–water partition coefficient (Wildman–Crippen LogP) is 4.21. The van der Waals surface area contributed by atoms with E-state index in [-0.39, 0.29) is 21.7 Å². The first kappa shape index (κ1) is 24.5. The Bertz CT molecular complexity index is 944. The SMILES string of the molecule is COc1cc2c(cc1OC)CC(=O)N(CCCN(C)CCc1cc(Cl)c(O)c(Cl)c1)CC2. The molecule has 0 aliphatic carbocycles. The van der Waals surface area contributed by atoms with E-state index in [1.807, 2.05) is 17.0 Å². The van der Waals surface area contributed by atoms with Crippen molar-refractivity contribution in [2.45, 2.75) is 25.7 Å². The van der Waals surface area contributed by atoms with Gasteiger partial charge in [0.25, 0.3) is 0 Å². The van der Waals surface area contributed by atoms with Crippen LogP contribution >= 0.6 is 23.2 Å². The van der Waals surface area contributed by atoms with Crippen molar-refractivity contribution in [3.05, 3.63) is 51.0 Å². The Labute approximate surface area is 199 Å². The number of nitrogens with zero attached hydrogens (tertiary/aromatic N) is 2. The quantitative estimate of drug-likeness (QED) is 0.582. The number of benzene rings is 2. The highest BCUT2D eigenvalue weighted by Gasteiger charge is 2.22. The first-order valence-corrected chi connectivity index (χ1v) is 11.4. The molecule has 3 rings (SSSR count). The molecule has 6 nitrogen and oxygen atoms in total. The van der Waals surface area contributed by atoms with Gasteiger partial charge in [-0.1, -0.05) is 23.2 Å². The number of amides is 1. The topological polar surface area (TPSA) is 62.2 Å². The van der Waals surface area contributed by atoms with Gasteiger partial charge in [-0.25, -0.2) is 0 Å². The number of likely N-dealkylation sites (N-methyl/N-ethyl adjacent to an activating group) is 1. The fourth-order valence-electron chi connectivity index (χ4n) is 3.98. The summed E-state index contributed by atoms with van der Waals surface area (Å²) in [4.78, 5) is 17.0. The Balaban J connectivity index is 1.49. The van der Waals surface area contributed by atoms with Crippen LogP contribution in [0.25, 0.3) is 0 Å². The zero-order valence-corrected chi connectivity index (χ0v) is 20.3. The molecule has 0 unspecified atom stereocenters. The van der Waals surface area contributed by atoms with Crippen molar-refractivity contribution in [2.24, 2.45) is 0 Å². The van der Waals surface area contributed by atoms with Crippen LogP contribution in [0.4, 0.5) is 0 Å². The normalized spacial score (nSPS) is 13.8. The second-order valence-electron chi connectivity index (χ2n) is 8.10. The fourth-order valence-corrected chi connectivity index (χ4v) is 4.51. The van der Waals surface area contributed by atoms with Crippen LogP contribution in [0.5, 0.6) is 17.2 Å². The Kier molecular flexibility index (Phi) is 8.51. The monoisotopic (exact) mass is 480 g/mol. The van der Waals surface area contributed by atoms with E-state index in [2.05, 4.69) is 11.9 Å². The van der Waals surface area contributed by atoms with Gasteiger partial charge in [-0.3, -0.25) is 4.79 Å². The maximum atomic E-state index is 12.8. The van der Waals surface area contributed by atoms with E-state index in [4.69, 9.17) is 32.7 Å². The number of hydrogen-bond donors (Lipinski definition) is 1. The van der Waals surface area contributed by atoms with Gasteiger partial charge in [0.2, 0.25) is 5.91 Å². The molecule has 1 amide bonds. The second kappa shape index (κ2) is 11.1. The number of rotatable bonds is 9. The van der Waals surface area contributed by atoms with Crippen molar-refractivity contribution in [3.8, 4) is 17.2 Å². The van der Waals surface area contributed by atoms with E-state index in [1.165, 1.54) is 0 Å². The summed E-state index contributed by atoms with van der Waals surface area (Å²) in [5.74, 6) is 1.42. The van der Waals surface area contributed by atoms with Gasteiger partial charge >= 0.3 is 0 Å². The lowest BCUT2D eigenvalue weighted by Gasteiger charge is -2.23. The van der Waals surface area contributed by atoms with Crippen molar-refractivity contribution < 1.29 is 19.4 Å². The molecule has 2 aromatic carbocycles. The lowest BCUT2D eigenvalue weighted by molar-refractivity contribution is -0.130. The Morgan fingerprint density at radius 3 is 2.28 bits per heavy atom. The summed E-state index contributed by atoms with van der Waals surface area (Å²) in [6, 6.07) is 7.40. The fraction of sp³-hybridized carbons (Fsp3) is 0.458. The molecular weight excluding hydrogens is 451 g/mol. The maximum absolute atomic E-state index is 12.8. The summed E-state index contributed by atoms with van der Waals surface area (Å²) in [5, 5.41) is 10.2. The number of ether oxygens (including phenoxy) is 2. The highest BCUT2D eigenvalue weighted by atomic mass is 35.5. The third-order valence-electron chi connectivity index (χ3n) is 5.88. The molecule has 32 heavy (non-hydrogen) atoms. The number of phenolic OH excluding ortho intramolecular Hbond substituents is 1. The van der Waals surface area contributed by atoms with Crippen LogP contribution in [0.1, 0.15) is 23.1 Å². The minimum atomic E-state index is -0.0772. The number of carbonyl (C=O) groups excluding carboxylic acids is 1. The van der Waals surface area contributed by atoms with E-state index in [0.717, 1.165) is 55.6 Å². The average Bonchev–Trinajstić information content (AvgIpc) is 2.92. The first-order valence-electron chi connectivity index (χ1n) is 10.7. The summed E-state index contributed by atoms with van der Waals surface area (Å²) in [6.07, 6.45) is 2.85. The Hall–Kier alpha value is -2.15. The smallest absolute Gasteiger partial charge is 0.227 e. The summed E-state index contributed by atoms with van der Waals surface area (Å²) >= 11 is 12.0. The molecule has 1 aliphatic rings. The van der Waals surface area contributed by atoms with Crippen LogP contribution < -0.4 is 9.47 Å². The standard InChI is InChI=1S/C24H30Cl2N2O4/c1-27(9-5-16-11-19(25)24(30)20(26)12-16)7-4-8-28-10-6-17-13-21(31-2)22(32-3)14-18(17)15-23(28)29/h11-14,30H,4-10,15H2,1-3H3. The molecule has 174 valence electrons. The van der Waals surface area contributed by atoms with Crippen LogP contribution in [0, 0.1) is 0 Å². The van der Waals surface area contributed by atoms with Crippen molar-refractivity contribution in [1.29, 1.82) is 0 Å². The van der Waals surface area contributed by atoms with Crippen molar-refractivity contribution in [2.75, 3.05) is 47.4 Å². The lowest BCUT2D eigenvalue weighted by Crippen LogP contribution is -2.35. The Morgan fingerprint density at radius 2 is 1.66 bits per heavy atom. The van der Waals surface area contributed by atoms with E-state index < -0.39 is 0 Å². The maximum Gasteiger partial charge on any atom is 0.227 e. The minimum absolute atomic E-state index is 0.0772. The van der Waals surface area contributed by atoms with Gasteiger partial charge < -0.3 is 24.4 Å². The molecule has 1 heterocycles. The van der Waals surface area contributed by atoms with E-state index in [9.17, 15) is 9.90 Å². The highest BCUT2D eigenvalue weighted by molar-refractivity contribution is 6.37. The molecule has 1 aliphatic heterocycles. The summed E-state index contributed by atoms with van der Waals surface area (Å²) in [7, 11) is 5.29. The number of halogens is 2. The summed E-state index contributed by atoms with van der Waals surface area (Å²) in [6.45, 7) is 3.13.